The summed E-state index contributed by atoms with van der Waals surface area (Å²) in [6.45, 7) is 5.07. The zero-order valence-corrected chi connectivity index (χ0v) is 22.9. The molecule has 11 heteroatoms. The summed E-state index contributed by atoms with van der Waals surface area (Å²) in [4.78, 5) is 23.7. The van der Waals surface area contributed by atoms with Gasteiger partial charge in [-0.3, -0.25) is 9.69 Å². The number of hydrogen-bond donors (Lipinski definition) is 1. The molecule has 0 saturated carbocycles. The average Bonchev–Trinajstić information content (AvgIpc) is 3.48. The van der Waals surface area contributed by atoms with Crippen LogP contribution in [-0.2, 0) is 4.79 Å². The van der Waals surface area contributed by atoms with E-state index in [1.807, 2.05) is 13.0 Å². The van der Waals surface area contributed by atoms with E-state index in [0.717, 1.165) is 49.1 Å². The van der Waals surface area contributed by atoms with Gasteiger partial charge in [0.25, 0.3) is 0 Å². The van der Waals surface area contributed by atoms with E-state index in [4.69, 9.17) is 33.9 Å². The minimum absolute atomic E-state index is 0. The summed E-state index contributed by atoms with van der Waals surface area (Å²) in [5.41, 5.74) is 9.57. The highest BCUT2D eigenvalue weighted by Gasteiger charge is 2.37. The zero-order chi connectivity index (χ0) is 25.6. The van der Waals surface area contributed by atoms with Crippen LogP contribution in [0.25, 0.3) is 16.7 Å². The van der Waals surface area contributed by atoms with Crippen LogP contribution in [0.15, 0.2) is 30.5 Å². The van der Waals surface area contributed by atoms with E-state index in [2.05, 4.69) is 34.1 Å². The molecule has 3 heterocycles. The van der Waals surface area contributed by atoms with Crippen LogP contribution >= 0.6 is 35.6 Å². The maximum Gasteiger partial charge on any atom is 0.234 e. The SMILES string of the molecule is C[C@H](c1ccc(Cl)cc1Cl)n1nc(C#N)c2ncc(C3=CCC(N4CCC[C@H]4C(N)=O)[C@@H](C)C3)nc21.Cl. The van der Waals surface area contributed by atoms with Crippen molar-refractivity contribution in [2.45, 2.75) is 57.7 Å². The first-order valence-corrected chi connectivity index (χ1v) is 12.9. The van der Waals surface area contributed by atoms with Gasteiger partial charge in [-0.25, -0.2) is 14.6 Å². The van der Waals surface area contributed by atoms with Crippen LogP contribution in [-0.4, -0.2) is 49.2 Å². The van der Waals surface area contributed by atoms with Crippen LogP contribution in [0.3, 0.4) is 0 Å². The van der Waals surface area contributed by atoms with E-state index in [1.165, 1.54) is 0 Å². The summed E-state index contributed by atoms with van der Waals surface area (Å²) in [5, 5.41) is 15.2. The van der Waals surface area contributed by atoms with E-state index >= 15 is 0 Å². The van der Waals surface area contributed by atoms with Crippen molar-refractivity contribution in [3.8, 4) is 6.07 Å². The molecule has 1 aliphatic heterocycles. The van der Waals surface area contributed by atoms with Gasteiger partial charge in [0.2, 0.25) is 5.91 Å². The number of nitriles is 1. The molecule has 1 amide bonds. The van der Waals surface area contributed by atoms with Crippen molar-refractivity contribution < 1.29 is 4.79 Å². The summed E-state index contributed by atoms with van der Waals surface area (Å²) in [5.74, 6) is 0.0936. The highest BCUT2D eigenvalue weighted by Crippen LogP contribution is 2.37. The third-order valence-electron chi connectivity index (χ3n) is 7.47. The second kappa shape index (κ2) is 11.0. The summed E-state index contributed by atoms with van der Waals surface area (Å²) < 4.78 is 1.71. The number of likely N-dealkylation sites (tertiary alicyclic amines) is 1. The maximum absolute atomic E-state index is 11.9. The molecule has 4 atom stereocenters. The van der Waals surface area contributed by atoms with Gasteiger partial charge in [0, 0.05) is 16.1 Å². The molecule has 8 nitrogen and oxygen atoms in total. The van der Waals surface area contributed by atoms with Crippen molar-refractivity contribution in [2.75, 3.05) is 6.54 Å². The van der Waals surface area contributed by atoms with Crippen LogP contribution in [0.2, 0.25) is 10.0 Å². The Labute approximate surface area is 231 Å². The van der Waals surface area contributed by atoms with E-state index < -0.39 is 0 Å². The molecule has 1 aliphatic carbocycles. The van der Waals surface area contributed by atoms with Crippen molar-refractivity contribution in [1.29, 1.82) is 5.26 Å². The van der Waals surface area contributed by atoms with E-state index in [0.29, 0.717) is 27.1 Å². The Kier molecular flexibility index (Phi) is 8.10. The van der Waals surface area contributed by atoms with Gasteiger partial charge in [-0.2, -0.15) is 10.4 Å². The highest BCUT2D eigenvalue weighted by atomic mass is 35.5. The summed E-state index contributed by atoms with van der Waals surface area (Å²) >= 11 is 12.5. The van der Waals surface area contributed by atoms with Crippen molar-refractivity contribution in [3.63, 3.8) is 0 Å². The van der Waals surface area contributed by atoms with Gasteiger partial charge < -0.3 is 5.73 Å². The molecule has 5 rings (SSSR count). The number of carbonyl (C=O) groups is 1. The standard InChI is InChI=1S/C26H27Cl2N7O.ClH/c1-14-10-16(5-8-22(14)34-9-3-4-23(34)25(30)36)21-13-31-24-20(12-29)33-35(26(24)32-21)15(2)18-7-6-17(27)11-19(18)28;/h5-7,11,13-15,22-23H,3-4,8-10H2,1-2H3,(H2,30,36);1H/t14-,15+,22?,23-;/m0./s1. The lowest BCUT2D eigenvalue weighted by Gasteiger charge is -2.38. The van der Waals surface area contributed by atoms with E-state index in [-0.39, 0.29) is 42.1 Å². The molecule has 1 aromatic carbocycles. The van der Waals surface area contributed by atoms with Gasteiger partial charge in [0.15, 0.2) is 11.3 Å². The van der Waals surface area contributed by atoms with Gasteiger partial charge in [-0.1, -0.05) is 42.3 Å². The molecule has 0 spiro atoms. The smallest absolute Gasteiger partial charge is 0.234 e. The molecular weight excluding hydrogens is 533 g/mol. The molecule has 1 unspecified atom stereocenters. The quantitative estimate of drug-likeness (QED) is 0.461. The Morgan fingerprint density at radius 1 is 1.32 bits per heavy atom. The molecule has 2 N–H and O–H groups in total. The molecule has 1 fully saturated rings. The number of hydrogen-bond acceptors (Lipinski definition) is 6. The topological polar surface area (TPSA) is 114 Å². The van der Waals surface area contributed by atoms with Gasteiger partial charge >= 0.3 is 0 Å². The van der Waals surface area contributed by atoms with Gasteiger partial charge in [0.05, 0.1) is 24.0 Å². The molecule has 194 valence electrons. The van der Waals surface area contributed by atoms with Gasteiger partial charge in [-0.15, -0.1) is 12.4 Å². The number of aromatic nitrogens is 4. The summed E-state index contributed by atoms with van der Waals surface area (Å²) in [6.07, 6.45) is 7.37. The predicted molar refractivity (Wildman–Crippen MR) is 147 cm³/mol. The second-order valence-electron chi connectivity index (χ2n) is 9.69. The molecule has 0 bridgehead atoms. The third kappa shape index (κ3) is 5.06. The Morgan fingerprint density at radius 3 is 2.78 bits per heavy atom. The fraction of sp³-hybridized carbons (Fsp3) is 0.423. The lowest BCUT2D eigenvalue weighted by molar-refractivity contribution is -0.123. The van der Waals surface area contributed by atoms with Crippen LogP contribution < -0.4 is 5.73 Å². The molecular formula is C26H28Cl3N7O. The van der Waals surface area contributed by atoms with Crippen molar-refractivity contribution in [2.24, 2.45) is 11.7 Å². The highest BCUT2D eigenvalue weighted by molar-refractivity contribution is 6.35. The molecule has 0 radical (unpaired) electrons. The Balaban J connectivity index is 0.00000320. The van der Waals surface area contributed by atoms with Crippen LogP contribution in [0.5, 0.6) is 0 Å². The monoisotopic (exact) mass is 559 g/mol. The van der Waals surface area contributed by atoms with Crippen molar-refractivity contribution >= 4 is 58.3 Å². The molecule has 1 saturated heterocycles. The van der Waals surface area contributed by atoms with Crippen molar-refractivity contribution in [3.05, 3.63) is 57.5 Å². The molecule has 3 aromatic rings. The lowest BCUT2D eigenvalue weighted by atomic mass is 9.83. The largest absolute Gasteiger partial charge is 0.368 e. The number of halogens is 3. The fourth-order valence-electron chi connectivity index (χ4n) is 5.61. The number of rotatable bonds is 5. The number of benzene rings is 1. The third-order valence-corrected chi connectivity index (χ3v) is 8.03. The number of amides is 1. The fourth-order valence-corrected chi connectivity index (χ4v) is 6.17. The van der Waals surface area contributed by atoms with Gasteiger partial charge in [-0.05, 0) is 68.3 Å². The van der Waals surface area contributed by atoms with E-state index in [9.17, 15) is 10.1 Å². The molecule has 37 heavy (non-hydrogen) atoms. The lowest BCUT2D eigenvalue weighted by Crippen LogP contribution is -2.48. The number of fused-ring (bicyclic) bond motifs is 1. The van der Waals surface area contributed by atoms with E-state index in [1.54, 1.807) is 23.0 Å². The Morgan fingerprint density at radius 2 is 2.11 bits per heavy atom. The predicted octanol–water partition coefficient (Wildman–Crippen LogP) is 5.17. The number of nitrogens with zero attached hydrogens (tertiary/aromatic N) is 6. The Hall–Kier alpha value is -2.70. The number of primary amides is 1. The minimum atomic E-state index is -0.284. The number of nitrogens with two attached hydrogens (primary N) is 1. The first-order valence-electron chi connectivity index (χ1n) is 12.1. The molecule has 2 aromatic heterocycles. The normalized spacial score (nSPS) is 22.8. The van der Waals surface area contributed by atoms with Gasteiger partial charge in [0.1, 0.15) is 11.6 Å². The van der Waals surface area contributed by atoms with Crippen LogP contribution in [0, 0.1) is 17.2 Å². The number of allylic oxidation sites excluding steroid dienone is 1. The zero-order valence-electron chi connectivity index (χ0n) is 20.6. The Bertz CT molecular complexity index is 1410. The summed E-state index contributed by atoms with van der Waals surface area (Å²) in [6, 6.07) is 7.27. The van der Waals surface area contributed by atoms with Crippen molar-refractivity contribution in [1.82, 2.24) is 24.6 Å². The van der Waals surface area contributed by atoms with Crippen LogP contribution in [0.1, 0.15) is 62.5 Å². The van der Waals surface area contributed by atoms with Crippen LogP contribution in [0.4, 0.5) is 0 Å². The number of carbonyl (C=O) groups excluding carboxylic acids is 1. The molecule has 2 aliphatic rings. The maximum atomic E-state index is 11.9. The average molecular weight is 561 g/mol. The second-order valence-corrected chi connectivity index (χ2v) is 10.5. The first-order chi connectivity index (χ1) is 17.3. The first kappa shape index (κ1) is 27.3. The minimum Gasteiger partial charge on any atom is -0.368 e. The summed E-state index contributed by atoms with van der Waals surface area (Å²) in [7, 11) is 0.